The van der Waals surface area contributed by atoms with Gasteiger partial charge in [-0.2, -0.15) is 0 Å². The van der Waals surface area contributed by atoms with Gasteiger partial charge in [-0.1, -0.05) is 334 Å². The molecular formula is C108H72N4. The van der Waals surface area contributed by atoms with Crippen LogP contribution in [0.5, 0.6) is 0 Å². The molecule has 524 valence electrons. The van der Waals surface area contributed by atoms with Crippen LogP contribution in [0.4, 0.5) is 0 Å². The van der Waals surface area contributed by atoms with Crippen molar-refractivity contribution in [2.45, 2.75) is 0 Å². The minimum atomic E-state index is 1.14. The van der Waals surface area contributed by atoms with Gasteiger partial charge in [0.25, 0.3) is 0 Å². The zero-order valence-corrected chi connectivity index (χ0v) is 61.4. The summed E-state index contributed by atoms with van der Waals surface area (Å²) in [6.07, 6.45) is 0. The van der Waals surface area contributed by atoms with E-state index in [1.165, 1.54) is 176 Å². The number of hydrogen-bond acceptors (Lipinski definition) is 0. The van der Waals surface area contributed by atoms with E-state index in [9.17, 15) is 0 Å². The van der Waals surface area contributed by atoms with Crippen molar-refractivity contribution >= 4 is 87.2 Å². The number of rotatable bonds is 12. The molecule has 4 nitrogen and oxygen atoms in total. The highest BCUT2D eigenvalue weighted by molar-refractivity contribution is 6.24. The minimum Gasteiger partial charge on any atom is -0.309 e. The lowest BCUT2D eigenvalue weighted by Crippen LogP contribution is -1.96. The molecule has 0 unspecified atom stereocenters. The van der Waals surface area contributed by atoms with Crippen LogP contribution in [0.15, 0.2) is 437 Å². The first kappa shape index (κ1) is 65.5. The quantitative estimate of drug-likeness (QED) is 0.116. The lowest BCUT2D eigenvalue weighted by atomic mass is 9.95. The SMILES string of the molecule is c1ccc(-c2ccc(-c3cccc(-n4c5ccccc5c5c(-c6cccc7c6c6ccccc6n7-c6ccc(-c7ccccc7)cc6)cccc54)c3)cc2)cc1.c1ccc(-c2ccc(-n3c4ccccc4c4c(-c5cccc6c5c5ccccc5n6-c5cc(-c6ccccc6)cc(-c6ccccc6)c5)cccc43)cc2)cc1. The average molecular weight is 1430 g/mol. The highest BCUT2D eigenvalue weighted by Gasteiger charge is 2.25. The Morgan fingerprint density at radius 1 is 0.116 bits per heavy atom. The second-order valence-corrected chi connectivity index (χ2v) is 29.0. The van der Waals surface area contributed by atoms with Crippen LogP contribution in [0.2, 0.25) is 0 Å². The van der Waals surface area contributed by atoms with E-state index >= 15 is 0 Å². The van der Waals surface area contributed by atoms with Crippen LogP contribution in [0.3, 0.4) is 0 Å². The zero-order chi connectivity index (χ0) is 74.0. The molecule has 22 rings (SSSR count). The Morgan fingerprint density at radius 2 is 0.330 bits per heavy atom. The predicted octanol–water partition coefficient (Wildman–Crippen LogP) is 29.1. The fourth-order valence-electron chi connectivity index (χ4n) is 17.6. The van der Waals surface area contributed by atoms with Crippen molar-refractivity contribution in [2.24, 2.45) is 0 Å². The number of fused-ring (bicyclic) bond motifs is 12. The normalized spacial score (nSPS) is 11.6. The largest absolute Gasteiger partial charge is 0.309 e. The monoisotopic (exact) mass is 1420 g/mol. The van der Waals surface area contributed by atoms with E-state index in [0.29, 0.717) is 0 Å². The first-order chi connectivity index (χ1) is 55.6. The first-order valence-corrected chi connectivity index (χ1v) is 38.5. The maximum atomic E-state index is 2.46. The fourth-order valence-corrected chi connectivity index (χ4v) is 17.6. The van der Waals surface area contributed by atoms with Crippen LogP contribution in [0, 0.1) is 0 Å². The molecule has 0 spiro atoms. The summed E-state index contributed by atoms with van der Waals surface area (Å²) in [5, 5.41) is 10.0. The topological polar surface area (TPSA) is 19.7 Å². The molecule has 0 atom stereocenters. The summed E-state index contributed by atoms with van der Waals surface area (Å²) in [6, 6.07) is 159. The van der Waals surface area contributed by atoms with E-state index in [4.69, 9.17) is 0 Å². The average Bonchev–Trinajstić information content (AvgIpc) is 1.57. The molecule has 18 aromatic carbocycles. The summed E-state index contributed by atoms with van der Waals surface area (Å²) in [4.78, 5) is 0. The Kier molecular flexibility index (Phi) is 16.2. The van der Waals surface area contributed by atoms with Crippen molar-refractivity contribution in [3.63, 3.8) is 0 Å². The molecule has 0 bridgehead atoms. The summed E-state index contributed by atoms with van der Waals surface area (Å²) < 4.78 is 9.75. The molecule has 22 aromatic rings. The molecule has 0 amide bonds. The molecule has 0 aliphatic heterocycles. The van der Waals surface area contributed by atoms with Gasteiger partial charge in [0.1, 0.15) is 0 Å². The van der Waals surface area contributed by atoms with Crippen LogP contribution in [-0.4, -0.2) is 18.3 Å². The summed E-state index contributed by atoms with van der Waals surface area (Å²) in [5.74, 6) is 0. The van der Waals surface area contributed by atoms with Crippen LogP contribution in [0.1, 0.15) is 0 Å². The fraction of sp³-hybridized carbons (Fsp3) is 0. The van der Waals surface area contributed by atoms with Gasteiger partial charge in [0, 0.05) is 65.8 Å². The highest BCUT2D eigenvalue weighted by atomic mass is 15.0. The third-order valence-corrected chi connectivity index (χ3v) is 22.7. The van der Waals surface area contributed by atoms with Crippen LogP contribution in [-0.2, 0) is 0 Å². The van der Waals surface area contributed by atoms with Crippen molar-refractivity contribution in [1.82, 2.24) is 18.3 Å². The van der Waals surface area contributed by atoms with Gasteiger partial charge in [-0.3, -0.25) is 0 Å². The van der Waals surface area contributed by atoms with Gasteiger partial charge in [0.05, 0.1) is 44.1 Å². The summed E-state index contributed by atoms with van der Waals surface area (Å²) in [6.45, 7) is 0. The number of nitrogens with zero attached hydrogens (tertiary/aromatic N) is 4. The maximum Gasteiger partial charge on any atom is 0.0547 e. The van der Waals surface area contributed by atoms with Crippen molar-refractivity contribution in [2.75, 3.05) is 0 Å². The standard InChI is InChI=1S/2C54H36N2/c1-4-16-37(17-5-1)40-30-32-43(33-31-40)55-49-26-12-10-22-47(49)53-45(24-14-28-51(53)55)46-25-15-29-52-54(46)48-23-11-13-27-50(48)56(52)44-35-41(38-18-6-2-7-19-38)34-42(36-44)39-20-8-3-9-21-39;1-3-14-37(15-4-1)39-28-30-41(31-29-39)42-18-11-19-44(36-42)56-50-25-10-8-21-48(50)54-46(23-13-27-52(54)56)45-22-12-26-51-53(45)47-20-7-9-24-49(47)55(51)43-34-32-40(33-35-43)38-16-5-2-6-17-38/h2*1-36H. The van der Waals surface area contributed by atoms with Gasteiger partial charge in [-0.15, -0.1) is 0 Å². The molecule has 0 aliphatic carbocycles. The van der Waals surface area contributed by atoms with Gasteiger partial charge in [0.2, 0.25) is 0 Å². The minimum absolute atomic E-state index is 1.14. The lowest BCUT2D eigenvalue weighted by molar-refractivity contribution is 1.18. The van der Waals surface area contributed by atoms with E-state index < -0.39 is 0 Å². The van der Waals surface area contributed by atoms with E-state index in [1.807, 2.05) is 0 Å². The van der Waals surface area contributed by atoms with Crippen molar-refractivity contribution in [1.29, 1.82) is 0 Å². The van der Waals surface area contributed by atoms with Gasteiger partial charge >= 0.3 is 0 Å². The van der Waals surface area contributed by atoms with Gasteiger partial charge < -0.3 is 18.3 Å². The van der Waals surface area contributed by atoms with E-state index in [1.54, 1.807) is 0 Å². The van der Waals surface area contributed by atoms with Crippen molar-refractivity contribution in [3.8, 4) is 112 Å². The maximum absolute atomic E-state index is 2.46. The number of aromatic nitrogens is 4. The Bertz CT molecular complexity index is 7230. The number of para-hydroxylation sites is 4. The molecule has 0 radical (unpaired) electrons. The zero-order valence-electron chi connectivity index (χ0n) is 61.4. The predicted molar refractivity (Wildman–Crippen MR) is 474 cm³/mol. The molecule has 4 heterocycles. The summed E-state index contributed by atoms with van der Waals surface area (Å²) in [7, 11) is 0. The summed E-state index contributed by atoms with van der Waals surface area (Å²) in [5.41, 5.74) is 33.6. The van der Waals surface area contributed by atoms with Crippen molar-refractivity contribution in [3.05, 3.63) is 437 Å². The third kappa shape index (κ3) is 11.3. The number of hydrogen-bond donors (Lipinski definition) is 0. The molecule has 4 aromatic heterocycles. The highest BCUT2D eigenvalue weighted by Crippen LogP contribution is 2.48. The molecule has 0 fully saturated rings. The molecule has 112 heavy (non-hydrogen) atoms. The van der Waals surface area contributed by atoms with Crippen LogP contribution >= 0.6 is 0 Å². The Labute approximate surface area is 649 Å². The van der Waals surface area contributed by atoms with Gasteiger partial charge in [-0.05, 0) is 192 Å². The van der Waals surface area contributed by atoms with E-state index in [-0.39, 0.29) is 0 Å². The molecular weight excluding hydrogens is 1350 g/mol. The smallest absolute Gasteiger partial charge is 0.0547 e. The second kappa shape index (κ2) is 27.7. The van der Waals surface area contributed by atoms with Crippen LogP contribution < -0.4 is 0 Å². The molecule has 0 saturated carbocycles. The van der Waals surface area contributed by atoms with Gasteiger partial charge in [-0.25, -0.2) is 0 Å². The molecule has 0 saturated heterocycles. The van der Waals surface area contributed by atoms with E-state index in [2.05, 4.69) is 455 Å². The Balaban J connectivity index is 0.000000141. The summed E-state index contributed by atoms with van der Waals surface area (Å²) >= 11 is 0. The van der Waals surface area contributed by atoms with Crippen molar-refractivity contribution < 1.29 is 0 Å². The molecule has 0 aliphatic rings. The first-order valence-electron chi connectivity index (χ1n) is 38.5. The lowest BCUT2D eigenvalue weighted by Gasteiger charge is -2.14. The third-order valence-electron chi connectivity index (χ3n) is 22.7. The van der Waals surface area contributed by atoms with Crippen LogP contribution in [0.25, 0.3) is 199 Å². The number of benzene rings is 18. The van der Waals surface area contributed by atoms with E-state index in [0.717, 1.165) is 22.7 Å². The molecule has 4 heteroatoms. The Morgan fingerprint density at radius 3 is 0.652 bits per heavy atom. The molecule has 0 N–H and O–H groups in total. The van der Waals surface area contributed by atoms with Gasteiger partial charge in [0.15, 0.2) is 0 Å². The second-order valence-electron chi connectivity index (χ2n) is 29.0. The Hall–Kier alpha value is -14.8.